The highest BCUT2D eigenvalue weighted by Crippen LogP contribution is 2.25. The molecule has 0 bridgehead atoms. The standard InChI is InChI=1S/C26H22Br2ClN3O2/c1-3-16(2)25-31-23-10-8-20(28)13-21(23)26(33)32(25)30-14-18-12-19(27)9-11-24(18)34-15-17-6-4-5-7-22(17)29/h4-14,16H,3,15H2,1-2H3/t16-/m1/s1. The summed E-state index contributed by atoms with van der Waals surface area (Å²) >= 11 is 13.2. The summed E-state index contributed by atoms with van der Waals surface area (Å²) in [6.45, 7) is 4.41. The molecule has 0 unspecified atom stereocenters. The Bertz CT molecular complexity index is 1440. The van der Waals surface area contributed by atoms with Gasteiger partial charge < -0.3 is 4.74 Å². The molecule has 0 radical (unpaired) electrons. The molecular formula is C26H22Br2ClN3O2. The number of aromatic nitrogens is 2. The van der Waals surface area contributed by atoms with Gasteiger partial charge in [-0.2, -0.15) is 9.78 Å². The van der Waals surface area contributed by atoms with Gasteiger partial charge in [0.1, 0.15) is 18.2 Å². The van der Waals surface area contributed by atoms with E-state index >= 15 is 0 Å². The van der Waals surface area contributed by atoms with Crippen LogP contribution in [0.4, 0.5) is 0 Å². The summed E-state index contributed by atoms with van der Waals surface area (Å²) in [5.74, 6) is 1.30. The first-order chi connectivity index (χ1) is 16.4. The molecule has 3 aromatic carbocycles. The van der Waals surface area contributed by atoms with E-state index in [1.54, 1.807) is 12.3 Å². The normalized spacial score (nSPS) is 12.4. The van der Waals surface area contributed by atoms with Crippen molar-refractivity contribution in [3.05, 3.63) is 102 Å². The molecule has 174 valence electrons. The quantitative estimate of drug-likeness (QED) is 0.205. The minimum absolute atomic E-state index is 0.0522. The Labute approximate surface area is 219 Å². The SMILES string of the molecule is CC[C@@H](C)c1nc2ccc(Br)cc2c(=O)n1N=Cc1cc(Br)ccc1OCc1ccccc1Cl. The smallest absolute Gasteiger partial charge is 0.282 e. The van der Waals surface area contributed by atoms with E-state index in [4.69, 9.17) is 21.3 Å². The molecule has 34 heavy (non-hydrogen) atoms. The molecule has 0 spiro atoms. The second kappa shape index (κ2) is 10.8. The van der Waals surface area contributed by atoms with Gasteiger partial charge in [0, 0.05) is 31.0 Å². The van der Waals surface area contributed by atoms with E-state index in [-0.39, 0.29) is 11.5 Å². The van der Waals surface area contributed by atoms with Crippen molar-refractivity contribution >= 4 is 60.6 Å². The molecule has 1 atom stereocenters. The Morgan fingerprint density at radius 2 is 1.85 bits per heavy atom. The van der Waals surface area contributed by atoms with Crippen molar-refractivity contribution in [1.29, 1.82) is 0 Å². The van der Waals surface area contributed by atoms with Crippen LogP contribution in [0.25, 0.3) is 10.9 Å². The molecule has 0 saturated heterocycles. The number of hydrogen-bond donors (Lipinski definition) is 0. The maximum absolute atomic E-state index is 13.4. The Balaban J connectivity index is 1.75. The Kier molecular flexibility index (Phi) is 7.86. The lowest BCUT2D eigenvalue weighted by molar-refractivity contribution is 0.306. The van der Waals surface area contributed by atoms with Crippen molar-refractivity contribution in [1.82, 2.24) is 9.66 Å². The summed E-state index contributed by atoms with van der Waals surface area (Å²) in [5.41, 5.74) is 2.04. The molecule has 0 saturated carbocycles. The Hall–Kier alpha value is -2.48. The molecule has 0 fully saturated rings. The van der Waals surface area contributed by atoms with Crippen molar-refractivity contribution in [2.45, 2.75) is 32.8 Å². The summed E-state index contributed by atoms with van der Waals surface area (Å²) in [7, 11) is 0. The first-order valence-corrected chi connectivity index (χ1v) is 12.8. The molecule has 0 amide bonds. The van der Waals surface area contributed by atoms with Gasteiger partial charge >= 0.3 is 0 Å². The third kappa shape index (κ3) is 5.43. The minimum atomic E-state index is -0.216. The molecule has 4 rings (SSSR count). The van der Waals surface area contributed by atoms with Gasteiger partial charge in [0.05, 0.1) is 17.1 Å². The monoisotopic (exact) mass is 601 g/mol. The second-order valence-electron chi connectivity index (χ2n) is 7.86. The van der Waals surface area contributed by atoms with Crippen LogP contribution in [0.15, 0.2) is 79.5 Å². The van der Waals surface area contributed by atoms with E-state index < -0.39 is 0 Å². The number of benzene rings is 3. The van der Waals surface area contributed by atoms with Gasteiger partial charge in [-0.15, -0.1) is 0 Å². The van der Waals surface area contributed by atoms with Crippen LogP contribution in [0.1, 0.15) is 43.1 Å². The van der Waals surface area contributed by atoms with Crippen LogP contribution in [-0.2, 0) is 6.61 Å². The van der Waals surface area contributed by atoms with Gasteiger partial charge in [-0.05, 0) is 48.9 Å². The van der Waals surface area contributed by atoms with Crippen LogP contribution >= 0.6 is 43.5 Å². The van der Waals surface area contributed by atoms with Gasteiger partial charge in [0.25, 0.3) is 5.56 Å². The van der Waals surface area contributed by atoms with E-state index in [9.17, 15) is 4.79 Å². The van der Waals surface area contributed by atoms with Crippen molar-refractivity contribution in [2.24, 2.45) is 5.10 Å². The lowest BCUT2D eigenvalue weighted by Gasteiger charge is -2.14. The zero-order valence-electron chi connectivity index (χ0n) is 18.6. The van der Waals surface area contributed by atoms with Crippen LogP contribution in [0.3, 0.4) is 0 Å². The van der Waals surface area contributed by atoms with Gasteiger partial charge in [0.2, 0.25) is 0 Å². The van der Waals surface area contributed by atoms with E-state index in [1.165, 1.54) is 4.68 Å². The maximum Gasteiger partial charge on any atom is 0.282 e. The molecule has 0 aliphatic rings. The van der Waals surface area contributed by atoms with E-state index in [0.29, 0.717) is 34.1 Å². The highest BCUT2D eigenvalue weighted by molar-refractivity contribution is 9.10. The summed E-state index contributed by atoms with van der Waals surface area (Å²) in [5, 5.41) is 5.72. The zero-order chi connectivity index (χ0) is 24.2. The number of nitrogens with zero attached hydrogens (tertiary/aromatic N) is 3. The molecule has 1 heterocycles. The molecule has 0 aliphatic carbocycles. The molecule has 0 N–H and O–H groups in total. The van der Waals surface area contributed by atoms with Crippen LogP contribution in [0.5, 0.6) is 5.75 Å². The molecular weight excluding hydrogens is 582 g/mol. The fourth-order valence-corrected chi connectivity index (χ4v) is 4.35. The largest absolute Gasteiger partial charge is 0.488 e. The van der Waals surface area contributed by atoms with Crippen LogP contribution < -0.4 is 10.3 Å². The van der Waals surface area contributed by atoms with Crippen molar-refractivity contribution in [3.8, 4) is 5.75 Å². The average molecular weight is 604 g/mol. The third-order valence-corrected chi connectivity index (χ3v) is 6.87. The summed E-state index contributed by atoms with van der Waals surface area (Å²) in [6.07, 6.45) is 2.46. The Morgan fingerprint density at radius 1 is 1.12 bits per heavy atom. The fraction of sp³-hybridized carbons (Fsp3) is 0.192. The number of ether oxygens (including phenoxy) is 1. The predicted molar refractivity (Wildman–Crippen MR) is 145 cm³/mol. The van der Waals surface area contributed by atoms with Crippen molar-refractivity contribution in [3.63, 3.8) is 0 Å². The first kappa shape index (κ1) is 24.6. The number of fused-ring (bicyclic) bond motifs is 1. The van der Waals surface area contributed by atoms with E-state index in [1.807, 2.05) is 61.5 Å². The summed E-state index contributed by atoms with van der Waals surface area (Å²) in [6, 6.07) is 18.7. The van der Waals surface area contributed by atoms with Crippen LogP contribution in [-0.4, -0.2) is 15.9 Å². The maximum atomic E-state index is 13.4. The van der Waals surface area contributed by atoms with Crippen molar-refractivity contribution in [2.75, 3.05) is 0 Å². The van der Waals surface area contributed by atoms with Crippen LogP contribution in [0.2, 0.25) is 5.02 Å². The Morgan fingerprint density at radius 3 is 2.62 bits per heavy atom. The van der Waals surface area contributed by atoms with Crippen LogP contribution in [0, 0.1) is 0 Å². The highest BCUT2D eigenvalue weighted by atomic mass is 79.9. The van der Waals surface area contributed by atoms with E-state index in [0.717, 1.165) is 26.5 Å². The molecule has 0 aliphatic heterocycles. The first-order valence-electron chi connectivity index (χ1n) is 10.8. The minimum Gasteiger partial charge on any atom is -0.488 e. The number of rotatable bonds is 7. The highest BCUT2D eigenvalue weighted by Gasteiger charge is 2.16. The lowest BCUT2D eigenvalue weighted by atomic mass is 10.1. The van der Waals surface area contributed by atoms with E-state index in [2.05, 4.69) is 43.9 Å². The summed E-state index contributed by atoms with van der Waals surface area (Å²) in [4.78, 5) is 18.1. The predicted octanol–water partition coefficient (Wildman–Crippen LogP) is 7.55. The molecule has 1 aromatic heterocycles. The van der Waals surface area contributed by atoms with Gasteiger partial charge in [-0.25, -0.2) is 4.98 Å². The summed E-state index contributed by atoms with van der Waals surface area (Å²) < 4.78 is 9.13. The lowest BCUT2D eigenvalue weighted by Crippen LogP contribution is -2.23. The zero-order valence-corrected chi connectivity index (χ0v) is 22.6. The van der Waals surface area contributed by atoms with Gasteiger partial charge in [-0.1, -0.05) is 75.5 Å². The topological polar surface area (TPSA) is 56.5 Å². The number of hydrogen-bond acceptors (Lipinski definition) is 4. The third-order valence-electron chi connectivity index (χ3n) is 5.51. The number of halogens is 3. The second-order valence-corrected chi connectivity index (χ2v) is 10.1. The molecule has 4 aromatic rings. The fourth-order valence-electron chi connectivity index (χ4n) is 3.42. The van der Waals surface area contributed by atoms with Crippen molar-refractivity contribution < 1.29 is 4.74 Å². The van der Waals surface area contributed by atoms with Gasteiger partial charge in [0.15, 0.2) is 0 Å². The molecule has 8 heteroatoms. The average Bonchev–Trinajstić information content (AvgIpc) is 2.83. The van der Waals surface area contributed by atoms with Gasteiger partial charge in [-0.3, -0.25) is 4.79 Å². The molecule has 5 nitrogen and oxygen atoms in total.